The molecule has 0 aliphatic carbocycles. The Morgan fingerprint density at radius 3 is 2.11 bits per heavy atom. The summed E-state index contributed by atoms with van der Waals surface area (Å²) in [6.45, 7) is -0.491. The Kier molecular flexibility index (Phi) is 11.4. The fourth-order valence-corrected chi connectivity index (χ4v) is 5.33. The number of anilines is 3. The molecule has 242 valence electrons. The number of aliphatic hydroxyl groups excluding tert-OH is 1. The summed E-state index contributed by atoms with van der Waals surface area (Å²) in [4.78, 5) is 11.3. The number of nitrogens with zero attached hydrogens (tertiary/aromatic N) is 4. The highest BCUT2D eigenvalue weighted by molar-refractivity contribution is 7.91. The minimum Gasteiger partial charge on any atom is -0.495 e. The van der Waals surface area contributed by atoms with E-state index in [1.165, 1.54) is 45.6 Å². The van der Waals surface area contributed by atoms with Gasteiger partial charge in [-0.2, -0.15) is 8.42 Å². The summed E-state index contributed by atoms with van der Waals surface area (Å²) in [5.74, 6) is -0.959. The highest BCUT2D eigenvalue weighted by Gasteiger charge is 2.23. The number of carbonyl (C=O) groups is 1. The second kappa shape index (κ2) is 14.8. The Balaban J connectivity index is 2.06. The molecule has 0 saturated carbocycles. The molecule has 0 fully saturated rings. The smallest absolute Gasteiger partial charge is 0.340 e. The molecule has 0 spiro atoms. The van der Waals surface area contributed by atoms with Crippen molar-refractivity contribution in [3.05, 3.63) is 48.0 Å². The number of hydrogen-bond acceptors (Lipinski definition) is 16. The van der Waals surface area contributed by atoms with Crippen molar-refractivity contribution in [2.75, 3.05) is 62.8 Å². The first-order chi connectivity index (χ1) is 21.3. The highest BCUT2D eigenvalue weighted by Crippen LogP contribution is 2.45. The molecule has 0 aliphatic rings. The summed E-state index contributed by atoms with van der Waals surface area (Å²) < 4.78 is 73.4. The number of ether oxygens (including phenoxy) is 3. The molecular weight excluding hydrogens is 634 g/mol. The lowest BCUT2D eigenvalue weighted by molar-refractivity contribution is 0.0601. The van der Waals surface area contributed by atoms with Crippen molar-refractivity contribution in [1.82, 2.24) is 0 Å². The van der Waals surface area contributed by atoms with Gasteiger partial charge in [0.05, 0.1) is 62.1 Å². The van der Waals surface area contributed by atoms with Crippen molar-refractivity contribution in [2.45, 2.75) is 4.90 Å². The topological polar surface area (TPSA) is 267 Å². The second-order valence-corrected chi connectivity index (χ2v) is 12.7. The summed E-state index contributed by atoms with van der Waals surface area (Å²) in [5.41, 5.74) is 11.4. The van der Waals surface area contributed by atoms with Crippen LogP contribution in [0.4, 0.5) is 39.8 Å². The highest BCUT2D eigenvalue weighted by atomic mass is 32.2. The van der Waals surface area contributed by atoms with Gasteiger partial charge in [0, 0.05) is 18.7 Å². The van der Waals surface area contributed by atoms with Crippen LogP contribution >= 0.6 is 0 Å². The quantitative estimate of drug-likeness (QED) is 0.0714. The number of carbonyl (C=O) groups excluding carboxylic acids is 1. The lowest BCUT2D eigenvalue weighted by atomic mass is 10.2. The Morgan fingerprint density at radius 1 is 0.844 bits per heavy atom. The number of esters is 1. The third-order valence-electron chi connectivity index (χ3n) is 6.06. The van der Waals surface area contributed by atoms with Crippen molar-refractivity contribution >= 4 is 65.7 Å². The molecule has 0 amide bonds. The molecule has 0 heterocycles. The van der Waals surface area contributed by atoms with Crippen LogP contribution in [0.25, 0.3) is 0 Å². The lowest BCUT2D eigenvalue weighted by Gasteiger charge is -2.14. The van der Waals surface area contributed by atoms with Crippen LogP contribution in [-0.4, -0.2) is 78.5 Å². The average molecular weight is 666 g/mol. The van der Waals surface area contributed by atoms with Gasteiger partial charge in [-0.15, -0.1) is 20.5 Å². The Morgan fingerprint density at radius 2 is 1.49 bits per heavy atom. The van der Waals surface area contributed by atoms with Gasteiger partial charge in [0.15, 0.2) is 9.84 Å². The van der Waals surface area contributed by atoms with Gasteiger partial charge < -0.3 is 36.1 Å². The van der Waals surface area contributed by atoms with Crippen molar-refractivity contribution in [2.24, 2.45) is 20.5 Å². The van der Waals surface area contributed by atoms with Crippen molar-refractivity contribution in [1.29, 1.82) is 0 Å². The third-order valence-corrected chi connectivity index (χ3v) is 8.59. The fraction of sp³-hybridized carbons (Fsp3) is 0.269. The number of nitrogen functional groups attached to an aromatic ring is 2. The molecule has 45 heavy (non-hydrogen) atoms. The lowest BCUT2D eigenvalue weighted by Crippen LogP contribution is -2.20. The summed E-state index contributed by atoms with van der Waals surface area (Å²) in [5, 5.41) is 27.9. The van der Waals surface area contributed by atoms with E-state index < -0.39 is 43.1 Å². The van der Waals surface area contributed by atoms with Crippen LogP contribution in [0.2, 0.25) is 0 Å². The number of azo groups is 2. The Bertz CT molecular complexity index is 1850. The molecule has 0 unspecified atom stereocenters. The van der Waals surface area contributed by atoms with Crippen LogP contribution < -0.4 is 26.3 Å². The maximum absolute atomic E-state index is 12.1. The van der Waals surface area contributed by atoms with Gasteiger partial charge in [0.1, 0.15) is 39.1 Å². The molecule has 3 aromatic carbocycles. The van der Waals surface area contributed by atoms with E-state index in [2.05, 4.69) is 25.8 Å². The first kappa shape index (κ1) is 34.6. The van der Waals surface area contributed by atoms with Gasteiger partial charge in [-0.05, 0) is 18.2 Å². The molecule has 3 rings (SSSR count). The molecule has 0 atom stereocenters. The molecule has 0 aliphatic heterocycles. The van der Waals surface area contributed by atoms with Crippen molar-refractivity contribution in [3.63, 3.8) is 0 Å². The molecule has 0 aromatic heterocycles. The molecule has 17 nitrogen and oxygen atoms in total. The second-order valence-electron chi connectivity index (χ2n) is 8.98. The molecule has 0 saturated heterocycles. The fourth-order valence-electron chi connectivity index (χ4n) is 3.80. The third kappa shape index (κ3) is 8.62. The molecule has 7 N–H and O–H groups in total. The van der Waals surface area contributed by atoms with Gasteiger partial charge in [0.25, 0.3) is 10.1 Å². The number of aliphatic hydroxyl groups is 1. The number of nitrogens with one attached hydrogen (secondary N) is 1. The van der Waals surface area contributed by atoms with Crippen LogP contribution in [-0.2, 0) is 24.7 Å². The van der Waals surface area contributed by atoms with Crippen LogP contribution in [0.3, 0.4) is 0 Å². The standard InChI is InChI=1S/C26H31N7O10S2/c1-41-20-13-18(21(42-2)12-17(20)29-8-10-44(36,37)11-9-34)31-33-25-23(27)19(14-22(24(25)28)45(38,39)40)32-30-16-7-5-4-6-15(16)26(35)43-3/h4-7,12-14,29,34H,8-11,27-28H2,1-3H3,(H,38,39,40). The van der Waals surface area contributed by atoms with Crippen LogP contribution in [0, 0.1) is 0 Å². The number of rotatable bonds is 14. The zero-order valence-electron chi connectivity index (χ0n) is 24.3. The van der Waals surface area contributed by atoms with Crippen LogP contribution in [0.1, 0.15) is 10.4 Å². The molecule has 3 aromatic rings. The number of methoxy groups -OCH3 is 3. The normalized spacial score (nSPS) is 12.0. The first-order valence-electron chi connectivity index (χ1n) is 12.8. The predicted molar refractivity (Wildman–Crippen MR) is 165 cm³/mol. The van der Waals surface area contributed by atoms with E-state index in [1.54, 1.807) is 12.1 Å². The maximum atomic E-state index is 12.1. The number of hydrogen-bond donors (Lipinski definition) is 5. The summed E-state index contributed by atoms with van der Waals surface area (Å²) in [6.07, 6.45) is 0. The summed E-state index contributed by atoms with van der Waals surface area (Å²) in [6, 6.07) is 9.80. The van der Waals surface area contributed by atoms with Crippen molar-refractivity contribution < 1.29 is 45.5 Å². The summed E-state index contributed by atoms with van der Waals surface area (Å²) in [7, 11) is -4.50. The first-order valence-corrected chi connectivity index (χ1v) is 16.0. The van der Waals surface area contributed by atoms with Gasteiger partial charge in [-0.3, -0.25) is 4.55 Å². The van der Waals surface area contributed by atoms with Crippen molar-refractivity contribution in [3.8, 4) is 11.5 Å². The average Bonchev–Trinajstić information content (AvgIpc) is 2.99. The monoisotopic (exact) mass is 665 g/mol. The minimum absolute atomic E-state index is 0.000358. The van der Waals surface area contributed by atoms with Crippen LogP contribution in [0.5, 0.6) is 11.5 Å². The van der Waals surface area contributed by atoms with E-state index in [-0.39, 0.29) is 63.5 Å². The zero-order valence-corrected chi connectivity index (χ0v) is 25.9. The van der Waals surface area contributed by atoms with Gasteiger partial charge >= 0.3 is 5.97 Å². The SMILES string of the molecule is COC(=O)c1ccccc1N=Nc1cc(S(=O)(=O)O)c(N)c(N=Nc2cc(OC)c(NCCS(=O)(=O)CCO)cc2OC)c1N. The van der Waals surface area contributed by atoms with E-state index in [0.717, 1.165) is 6.07 Å². The van der Waals surface area contributed by atoms with E-state index in [1.807, 2.05) is 0 Å². The number of sulfone groups is 1. The largest absolute Gasteiger partial charge is 0.495 e. The molecule has 0 radical (unpaired) electrons. The van der Waals surface area contributed by atoms with Gasteiger partial charge in [-0.1, -0.05) is 12.1 Å². The predicted octanol–water partition coefficient (Wildman–Crippen LogP) is 3.55. The minimum atomic E-state index is -4.91. The van der Waals surface area contributed by atoms with Gasteiger partial charge in [0.2, 0.25) is 0 Å². The van der Waals surface area contributed by atoms with E-state index in [9.17, 15) is 26.2 Å². The van der Waals surface area contributed by atoms with E-state index in [4.69, 9.17) is 30.8 Å². The van der Waals surface area contributed by atoms with E-state index >= 15 is 0 Å². The zero-order chi connectivity index (χ0) is 33.4. The maximum Gasteiger partial charge on any atom is 0.340 e. The molecular formula is C26H31N7O10S2. The van der Waals surface area contributed by atoms with Gasteiger partial charge in [-0.25, -0.2) is 13.2 Å². The Hall–Kier alpha value is -4.85. The number of nitrogens with two attached hydrogens (primary N) is 2. The molecule has 19 heteroatoms. The Labute approximate surface area is 258 Å². The number of benzene rings is 3. The summed E-state index contributed by atoms with van der Waals surface area (Å²) >= 11 is 0. The molecule has 0 bridgehead atoms. The van der Waals surface area contributed by atoms with Crippen LogP contribution in [0.15, 0.2) is 67.8 Å². The van der Waals surface area contributed by atoms with E-state index in [0.29, 0.717) is 5.69 Å².